The van der Waals surface area contributed by atoms with Gasteiger partial charge in [0.1, 0.15) is 11.3 Å². The first-order valence-corrected chi connectivity index (χ1v) is 7.16. The van der Waals surface area contributed by atoms with Gasteiger partial charge in [0, 0.05) is 17.5 Å². The third-order valence-corrected chi connectivity index (χ3v) is 3.55. The smallest absolute Gasteiger partial charge is 0.336 e. The summed E-state index contributed by atoms with van der Waals surface area (Å²) in [5.41, 5.74) is 6.46. The molecule has 2 aromatic carbocycles. The molecule has 1 amide bonds. The number of rotatable bonds is 4. The van der Waals surface area contributed by atoms with Crippen LogP contribution in [0.5, 0.6) is 5.75 Å². The average molecular weight is 330 g/mol. The van der Waals surface area contributed by atoms with Gasteiger partial charge in [-0.15, -0.1) is 0 Å². The number of benzene rings is 2. The highest BCUT2D eigenvalue weighted by molar-refractivity contribution is 6.33. The van der Waals surface area contributed by atoms with Gasteiger partial charge in [0.25, 0.3) is 5.91 Å². The number of ether oxygens (including phenoxy) is 1. The molecule has 1 aromatic heterocycles. The lowest BCUT2D eigenvalue weighted by Gasteiger charge is -2.10. The van der Waals surface area contributed by atoms with Crippen LogP contribution in [0.25, 0.3) is 22.1 Å². The van der Waals surface area contributed by atoms with Crippen LogP contribution < -0.4 is 16.1 Å². The van der Waals surface area contributed by atoms with E-state index in [1.165, 1.54) is 12.1 Å². The quantitative estimate of drug-likeness (QED) is 0.746. The molecular formula is C17H12ClNO4. The fraction of sp³-hybridized carbons (Fsp3) is 0.0588. The third-order valence-electron chi connectivity index (χ3n) is 3.25. The fourth-order valence-corrected chi connectivity index (χ4v) is 2.50. The van der Waals surface area contributed by atoms with Gasteiger partial charge in [-0.1, -0.05) is 41.9 Å². The molecule has 0 bridgehead atoms. The first kappa shape index (κ1) is 15.1. The lowest BCUT2D eigenvalue weighted by molar-refractivity contribution is -0.119. The summed E-state index contributed by atoms with van der Waals surface area (Å²) in [7, 11) is 0. The zero-order valence-electron chi connectivity index (χ0n) is 11.9. The molecule has 116 valence electrons. The lowest BCUT2D eigenvalue weighted by Crippen LogP contribution is -2.20. The van der Waals surface area contributed by atoms with Crippen LogP contribution in [0.4, 0.5) is 0 Å². The summed E-state index contributed by atoms with van der Waals surface area (Å²) in [6.07, 6.45) is 0. The Kier molecular flexibility index (Phi) is 4.04. The summed E-state index contributed by atoms with van der Waals surface area (Å²) >= 11 is 6.19. The first-order chi connectivity index (χ1) is 11.0. The highest BCUT2D eigenvalue weighted by atomic mass is 35.5. The predicted octanol–water partition coefficient (Wildman–Crippen LogP) is 2.98. The lowest BCUT2D eigenvalue weighted by atomic mass is 10.0. The third kappa shape index (κ3) is 3.19. The van der Waals surface area contributed by atoms with Gasteiger partial charge in [-0.3, -0.25) is 4.79 Å². The van der Waals surface area contributed by atoms with Gasteiger partial charge < -0.3 is 14.9 Å². The van der Waals surface area contributed by atoms with Crippen molar-refractivity contribution in [1.82, 2.24) is 0 Å². The molecule has 0 spiro atoms. The fourth-order valence-electron chi connectivity index (χ4n) is 2.28. The van der Waals surface area contributed by atoms with Crippen molar-refractivity contribution >= 4 is 28.5 Å². The molecule has 0 saturated heterocycles. The first-order valence-electron chi connectivity index (χ1n) is 6.78. The molecule has 23 heavy (non-hydrogen) atoms. The van der Waals surface area contributed by atoms with E-state index in [0.29, 0.717) is 21.6 Å². The second-order valence-corrected chi connectivity index (χ2v) is 5.29. The van der Waals surface area contributed by atoms with Gasteiger partial charge in [0.05, 0.1) is 5.02 Å². The summed E-state index contributed by atoms with van der Waals surface area (Å²) in [4.78, 5) is 22.6. The molecule has 3 aromatic rings. The summed E-state index contributed by atoms with van der Waals surface area (Å²) in [5, 5.41) is 0.969. The van der Waals surface area contributed by atoms with E-state index in [4.69, 9.17) is 26.5 Å². The molecule has 0 aliphatic heterocycles. The minimum absolute atomic E-state index is 0.228. The summed E-state index contributed by atoms with van der Waals surface area (Å²) in [6, 6.07) is 14.0. The maximum absolute atomic E-state index is 11.8. The number of halogens is 1. The van der Waals surface area contributed by atoms with Crippen LogP contribution >= 0.6 is 11.6 Å². The van der Waals surface area contributed by atoms with Gasteiger partial charge in [-0.25, -0.2) is 4.79 Å². The molecule has 2 N–H and O–H groups in total. The molecule has 3 rings (SSSR count). The van der Waals surface area contributed by atoms with E-state index in [-0.39, 0.29) is 12.4 Å². The highest BCUT2D eigenvalue weighted by Gasteiger charge is 2.12. The van der Waals surface area contributed by atoms with Crippen molar-refractivity contribution in [2.75, 3.05) is 6.61 Å². The second-order valence-electron chi connectivity index (χ2n) is 4.88. The van der Waals surface area contributed by atoms with Crippen molar-refractivity contribution in [1.29, 1.82) is 0 Å². The number of hydrogen-bond donors (Lipinski definition) is 1. The molecule has 0 atom stereocenters. The topological polar surface area (TPSA) is 82.5 Å². The number of primary amides is 1. The Hall–Kier alpha value is -2.79. The number of fused-ring (bicyclic) bond motifs is 1. The van der Waals surface area contributed by atoms with E-state index >= 15 is 0 Å². The molecule has 0 unspecified atom stereocenters. The zero-order valence-corrected chi connectivity index (χ0v) is 12.7. The Balaban J connectivity index is 2.18. The zero-order chi connectivity index (χ0) is 16.4. The Morgan fingerprint density at radius 1 is 1.17 bits per heavy atom. The van der Waals surface area contributed by atoms with Gasteiger partial charge in [0.2, 0.25) is 0 Å². The number of hydrogen-bond acceptors (Lipinski definition) is 4. The largest absolute Gasteiger partial charge is 0.482 e. The van der Waals surface area contributed by atoms with E-state index in [9.17, 15) is 9.59 Å². The predicted molar refractivity (Wildman–Crippen MR) is 87.6 cm³/mol. The molecular weight excluding hydrogens is 318 g/mol. The normalized spacial score (nSPS) is 10.7. The molecule has 0 aliphatic carbocycles. The second kappa shape index (κ2) is 6.14. The van der Waals surface area contributed by atoms with Crippen LogP contribution in [0.2, 0.25) is 5.02 Å². The Morgan fingerprint density at radius 3 is 2.61 bits per heavy atom. The van der Waals surface area contributed by atoms with Crippen LogP contribution in [0.3, 0.4) is 0 Å². The summed E-state index contributed by atoms with van der Waals surface area (Å²) < 4.78 is 10.4. The van der Waals surface area contributed by atoms with Crippen molar-refractivity contribution in [2.45, 2.75) is 0 Å². The van der Waals surface area contributed by atoms with Crippen LogP contribution in [0.15, 0.2) is 57.7 Å². The van der Waals surface area contributed by atoms with E-state index in [1.807, 2.05) is 30.3 Å². The van der Waals surface area contributed by atoms with Crippen LogP contribution in [0.1, 0.15) is 0 Å². The molecule has 1 heterocycles. The molecule has 0 fully saturated rings. The average Bonchev–Trinajstić information content (AvgIpc) is 2.53. The summed E-state index contributed by atoms with van der Waals surface area (Å²) in [6.45, 7) is -0.312. The SMILES string of the molecule is NC(=O)COc1cc2oc(=O)cc(-c3ccccc3)c2cc1Cl. The molecule has 6 heteroatoms. The Bertz CT molecular complexity index is 934. The Labute approximate surface area is 136 Å². The number of carbonyl (C=O) groups is 1. The van der Waals surface area contributed by atoms with Gasteiger partial charge >= 0.3 is 5.63 Å². The minimum Gasteiger partial charge on any atom is -0.482 e. The highest BCUT2D eigenvalue weighted by Crippen LogP contribution is 2.34. The van der Waals surface area contributed by atoms with E-state index < -0.39 is 11.5 Å². The van der Waals surface area contributed by atoms with Gasteiger partial charge in [0.15, 0.2) is 6.61 Å². The monoisotopic (exact) mass is 329 g/mol. The van der Waals surface area contributed by atoms with Crippen LogP contribution in [-0.2, 0) is 4.79 Å². The van der Waals surface area contributed by atoms with Crippen LogP contribution in [-0.4, -0.2) is 12.5 Å². The van der Waals surface area contributed by atoms with Crippen molar-refractivity contribution < 1.29 is 13.9 Å². The molecule has 0 saturated carbocycles. The number of amides is 1. The van der Waals surface area contributed by atoms with Crippen molar-refractivity contribution in [3.8, 4) is 16.9 Å². The van der Waals surface area contributed by atoms with Gasteiger partial charge in [-0.05, 0) is 17.2 Å². The van der Waals surface area contributed by atoms with Crippen molar-refractivity contribution in [3.05, 3.63) is 64.0 Å². The van der Waals surface area contributed by atoms with Crippen molar-refractivity contribution in [2.24, 2.45) is 5.73 Å². The maximum atomic E-state index is 11.8. The maximum Gasteiger partial charge on any atom is 0.336 e. The standard InChI is InChI=1S/C17H12ClNO4/c18-13-6-12-11(10-4-2-1-3-5-10)7-17(21)23-14(12)8-15(13)22-9-16(19)20/h1-8H,9H2,(H2,19,20). The van der Waals surface area contributed by atoms with Crippen molar-refractivity contribution in [3.63, 3.8) is 0 Å². The molecule has 5 nitrogen and oxygen atoms in total. The Morgan fingerprint density at radius 2 is 1.91 bits per heavy atom. The minimum atomic E-state index is -0.624. The van der Waals surface area contributed by atoms with E-state index in [2.05, 4.69) is 0 Å². The van der Waals surface area contributed by atoms with E-state index in [1.54, 1.807) is 6.07 Å². The number of nitrogens with two attached hydrogens (primary N) is 1. The molecule has 0 aliphatic rings. The summed E-state index contributed by atoms with van der Waals surface area (Å²) in [5.74, 6) is -0.396. The van der Waals surface area contributed by atoms with Gasteiger partial charge in [-0.2, -0.15) is 0 Å². The number of carbonyl (C=O) groups excluding carboxylic acids is 1. The van der Waals surface area contributed by atoms with E-state index in [0.717, 1.165) is 5.56 Å². The van der Waals surface area contributed by atoms with Crippen LogP contribution in [0, 0.1) is 0 Å². The molecule has 0 radical (unpaired) electrons.